The topological polar surface area (TPSA) is 25.8 Å². The number of rotatable bonds is 1. The third-order valence-electron chi connectivity index (χ3n) is 2.74. The summed E-state index contributed by atoms with van der Waals surface area (Å²) >= 11 is 3.47. The predicted molar refractivity (Wildman–Crippen MR) is 72.7 cm³/mol. The molecule has 0 bridgehead atoms. The van der Waals surface area contributed by atoms with Gasteiger partial charge < -0.3 is 0 Å². The molecule has 0 spiro atoms. The summed E-state index contributed by atoms with van der Waals surface area (Å²) in [5, 5.41) is 2.44. The lowest BCUT2D eigenvalue weighted by molar-refractivity contribution is 1.14. The van der Waals surface area contributed by atoms with Gasteiger partial charge in [0.1, 0.15) is 10.9 Å². The normalized spacial score (nSPS) is 10.6. The van der Waals surface area contributed by atoms with Crippen molar-refractivity contribution in [3.05, 3.63) is 59.6 Å². The molecule has 0 radical (unpaired) electrons. The first-order chi connectivity index (χ1) is 8.36. The summed E-state index contributed by atoms with van der Waals surface area (Å²) in [6, 6.07) is 14.6. The molecule has 82 valence electrons. The standard InChI is InChI=1S/C14H9BrN2/c15-14-13(8-16-9-17-14)12-7-3-5-10-4-1-2-6-11(10)12/h1-9H. The summed E-state index contributed by atoms with van der Waals surface area (Å²) in [7, 11) is 0. The quantitative estimate of drug-likeness (QED) is 0.630. The maximum absolute atomic E-state index is 4.17. The van der Waals surface area contributed by atoms with Gasteiger partial charge in [0.15, 0.2) is 0 Å². The van der Waals surface area contributed by atoms with Gasteiger partial charge in [-0.2, -0.15) is 0 Å². The second kappa shape index (κ2) is 4.26. The van der Waals surface area contributed by atoms with E-state index in [0.29, 0.717) is 0 Å². The summed E-state index contributed by atoms with van der Waals surface area (Å²) in [5.74, 6) is 0. The van der Waals surface area contributed by atoms with Gasteiger partial charge in [0.05, 0.1) is 0 Å². The van der Waals surface area contributed by atoms with Gasteiger partial charge >= 0.3 is 0 Å². The third-order valence-corrected chi connectivity index (χ3v) is 3.38. The van der Waals surface area contributed by atoms with E-state index in [4.69, 9.17) is 0 Å². The lowest BCUT2D eigenvalue weighted by Gasteiger charge is -2.07. The fourth-order valence-corrected chi connectivity index (χ4v) is 2.36. The molecule has 0 amide bonds. The van der Waals surface area contributed by atoms with E-state index in [-0.39, 0.29) is 0 Å². The van der Waals surface area contributed by atoms with Gasteiger partial charge in [0.25, 0.3) is 0 Å². The Labute approximate surface area is 107 Å². The van der Waals surface area contributed by atoms with Crippen molar-refractivity contribution in [1.82, 2.24) is 9.97 Å². The predicted octanol–water partition coefficient (Wildman–Crippen LogP) is 4.06. The molecule has 2 nitrogen and oxygen atoms in total. The monoisotopic (exact) mass is 284 g/mol. The van der Waals surface area contributed by atoms with Gasteiger partial charge in [0.2, 0.25) is 0 Å². The molecule has 0 atom stereocenters. The Morgan fingerprint density at radius 2 is 1.71 bits per heavy atom. The van der Waals surface area contributed by atoms with Gasteiger partial charge in [-0.1, -0.05) is 42.5 Å². The first-order valence-electron chi connectivity index (χ1n) is 5.30. The number of benzene rings is 2. The lowest BCUT2D eigenvalue weighted by atomic mass is 10.0. The van der Waals surface area contributed by atoms with Crippen LogP contribution in [0.4, 0.5) is 0 Å². The first-order valence-corrected chi connectivity index (χ1v) is 6.09. The Bertz CT molecular complexity index is 674. The van der Waals surface area contributed by atoms with Gasteiger partial charge in [-0.15, -0.1) is 0 Å². The van der Waals surface area contributed by atoms with E-state index in [2.05, 4.69) is 56.2 Å². The van der Waals surface area contributed by atoms with Crippen molar-refractivity contribution < 1.29 is 0 Å². The van der Waals surface area contributed by atoms with Crippen LogP contribution in [0.2, 0.25) is 0 Å². The highest BCUT2D eigenvalue weighted by molar-refractivity contribution is 9.10. The van der Waals surface area contributed by atoms with Gasteiger partial charge in [-0.25, -0.2) is 9.97 Å². The number of aromatic nitrogens is 2. The molecule has 0 saturated carbocycles. The molecule has 3 heteroatoms. The van der Waals surface area contributed by atoms with Crippen LogP contribution in [0, 0.1) is 0 Å². The Kier molecular flexibility index (Phi) is 2.61. The molecule has 1 heterocycles. The minimum Gasteiger partial charge on any atom is -0.244 e. The fourth-order valence-electron chi connectivity index (χ4n) is 1.96. The Morgan fingerprint density at radius 3 is 2.59 bits per heavy atom. The molecule has 0 aliphatic rings. The molecule has 0 aliphatic carbocycles. The fraction of sp³-hybridized carbons (Fsp3) is 0. The van der Waals surface area contributed by atoms with Crippen LogP contribution < -0.4 is 0 Å². The van der Waals surface area contributed by atoms with E-state index >= 15 is 0 Å². The van der Waals surface area contributed by atoms with Gasteiger partial charge in [-0.3, -0.25) is 0 Å². The smallest absolute Gasteiger partial charge is 0.117 e. The Balaban J connectivity index is 2.35. The van der Waals surface area contributed by atoms with Crippen molar-refractivity contribution >= 4 is 26.7 Å². The molecule has 1 aromatic heterocycles. The van der Waals surface area contributed by atoms with Crippen molar-refractivity contribution in [3.8, 4) is 11.1 Å². The molecule has 0 fully saturated rings. The molecule has 17 heavy (non-hydrogen) atoms. The molecule has 3 aromatic rings. The van der Waals surface area contributed by atoms with Crippen molar-refractivity contribution in [2.45, 2.75) is 0 Å². The Hall–Kier alpha value is -1.74. The van der Waals surface area contributed by atoms with E-state index in [0.717, 1.165) is 15.7 Å². The van der Waals surface area contributed by atoms with Crippen LogP contribution in [0.1, 0.15) is 0 Å². The number of hydrogen-bond donors (Lipinski definition) is 0. The number of fused-ring (bicyclic) bond motifs is 1. The summed E-state index contributed by atoms with van der Waals surface area (Å²) in [4.78, 5) is 8.26. The molecule has 0 aliphatic heterocycles. The maximum atomic E-state index is 4.17. The molecular formula is C14H9BrN2. The zero-order chi connectivity index (χ0) is 11.7. The second-order valence-electron chi connectivity index (χ2n) is 3.75. The molecule has 0 N–H and O–H groups in total. The van der Waals surface area contributed by atoms with Crippen LogP contribution >= 0.6 is 15.9 Å². The first kappa shape index (κ1) is 10.4. The van der Waals surface area contributed by atoms with E-state index in [9.17, 15) is 0 Å². The number of halogens is 1. The molecule has 0 unspecified atom stereocenters. The van der Waals surface area contributed by atoms with Crippen LogP contribution in [0.25, 0.3) is 21.9 Å². The van der Waals surface area contributed by atoms with Gasteiger partial charge in [0, 0.05) is 11.8 Å². The van der Waals surface area contributed by atoms with Crippen LogP contribution in [-0.2, 0) is 0 Å². The zero-order valence-electron chi connectivity index (χ0n) is 8.97. The minimum atomic E-state index is 0.823. The summed E-state index contributed by atoms with van der Waals surface area (Å²) in [5.41, 5.74) is 2.17. The van der Waals surface area contributed by atoms with Crippen LogP contribution in [0.15, 0.2) is 59.6 Å². The van der Waals surface area contributed by atoms with Crippen molar-refractivity contribution in [2.24, 2.45) is 0 Å². The van der Waals surface area contributed by atoms with Crippen molar-refractivity contribution in [2.75, 3.05) is 0 Å². The van der Waals surface area contributed by atoms with E-state index < -0.39 is 0 Å². The molecule has 2 aromatic carbocycles. The highest BCUT2D eigenvalue weighted by atomic mass is 79.9. The highest BCUT2D eigenvalue weighted by Crippen LogP contribution is 2.31. The number of nitrogens with zero attached hydrogens (tertiary/aromatic N) is 2. The van der Waals surface area contributed by atoms with E-state index in [1.165, 1.54) is 10.8 Å². The van der Waals surface area contributed by atoms with E-state index in [1.807, 2.05) is 18.3 Å². The second-order valence-corrected chi connectivity index (χ2v) is 4.51. The lowest BCUT2D eigenvalue weighted by Crippen LogP contribution is -1.86. The van der Waals surface area contributed by atoms with Crippen molar-refractivity contribution in [1.29, 1.82) is 0 Å². The Morgan fingerprint density at radius 1 is 0.882 bits per heavy atom. The largest absolute Gasteiger partial charge is 0.244 e. The van der Waals surface area contributed by atoms with Crippen LogP contribution in [0.5, 0.6) is 0 Å². The summed E-state index contributed by atoms with van der Waals surface area (Å²) in [6.07, 6.45) is 3.37. The number of hydrogen-bond acceptors (Lipinski definition) is 2. The summed E-state index contributed by atoms with van der Waals surface area (Å²) < 4.78 is 0.823. The van der Waals surface area contributed by atoms with Crippen molar-refractivity contribution in [3.63, 3.8) is 0 Å². The molecule has 0 saturated heterocycles. The zero-order valence-corrected chi connectivity index (χ0v) is 10.6. The van der Waals surface area contributed by atoms with E-state index in [1.54, 1.807) is 6.33 Å². The third kappa shape index (κ3) is 1.83. The van der Waals surface area contributed by atoms with Gasteiger partial charge in [-0.05, 0) is 32.3 Å². The maximum Gasteiger partial charge on any atom is 0.117 e. The highest BCUT2D eigenvalue weighted by Gasteiger charge is 2.07. The molecular weight excluding hydrogens is 276 g/mol. The van der Waals surface area contributed by atoms with Crippen LogP contribution in [-0.4, -0.2) is 9.97 Å². The van der Waals surface area contributed by atoms with Crippen LogP contribution in [0.3, 0.4) is 0 Å². The minimum absolute atomic E-state index is 0.823. The average molecular weight is 285 g/mol. The average Bonchev–Trinajstić information content (AvgIpc) is 2.39. The summed E-state index contributed by atoms with van der Waals surface area (Å²) in [6.45, 7) is 0. The molecule has 3 rings (SSSR count). The SMILES string of the molecule is Brc1ncncc1-c1cccc2ccccc12.